The summed E-state index contributed by atoms with van der Waals surface area (Å²) in [7, 11) is 0. The molecule has 0 aliphatic carbocycles. The fraction of sp³-hybridized carbons (Fsp3) is 0.533. The second-order valence-corrected chi connectivity index (χ2v) is 5.08. The van der Waals surface area contributed by atoms with Crippen LogP contribution in [0.3, 0.4) is 0 Å². The molecule has 2 rings (SSSR count). The van der Waals surface area contributed by atoms with Crippen LogP contribution in [0, 0.1) is 12.8 Å². The molecule has 104 valence electrons. The van der Waals surface area contributed by atoms with E-state index in [1.165, 1.54) is 5.56 Å². The molecule has 0 bridgehead atoms. The molecular weight excluding hydrogens is 242 g/mol. The Morgan fingerprint density at radius 3 is 2.74 bits per heavy atom. The van der Waals surface area contributed by atoms with Crippen molar-refractivity contribution in [2.75, 3.05) is 25.1 Å². The van der Waals surface area contributed by atoms with Crippen LogP contribution in [-0.2, 0) is 14.3 Å². The zero-order valence-corrected chi connectivity index (χ0v) is 11.5. The summed E-state index contributed by atoms with van der Waals surface area (Å²) in [5.41, 5.74) is 2.02. The molecule has 2 atom stereocenters. The van der Waals surface area contributed by atoms with E-state index in [0.717, 1.165) is 5.69 Å². The lowest BCUT2D eigenvalue weighted by atomic mass is 10.0. The number of aryl methyl sites for hydroxylation is 1. The van der Waals surface area contributed by atoms with Crippen LogP contribution in [-0.4, -0.2) is 31.8 Å². The maximum Gasteiger partial charge on any atom is 0.224 e. The van der Waals surface area contributed by atoms with Crippen molar-refractivity contribution >= 4 is 11.6 Å². The molecule has 0 unspecified atom stereocenters. The molecule has 4 heteroatoms. The lowest BCUT2D eigenvalue weighted by Crippen LogP contribution is -2.35. The highest BCUT2D eigenvalue weighted by atomic mass is 16.6. The Hall–Kier alpha value is -1.39. The molecule has 19 heavy (non-hydrogen) atoms. The summed E-state index contributed by atoms with van der Waals surface area (Å²) in [5, 5.41) is 2.90. The molecule has 0 spiro atoms. The molecule has 1 aliphatic heterocycles. The zero-order chi connectivity index (χ0) is 13.7. The average Bonchev–Trinajstić information content (AvgIpc) is 2.42. The first kappa shape index (κ1) is 14.0. The first-order valence-corrected chi connectivity index (χ1v) is 6.71. The van der Waals surface area contributed by atoms with Gasteiger partial charge in [-0.15, -0.1) is 0 Å². The number of rotatable bonds is 4. The molecular formula is C15H21NO3. The molecule has 0 aromatic heterocycles. The topological polar surface area (TPSA) is 47.6 Å². The van der Waals surface area contributed by atoms with Crippen LogP contribution >= 0.6 is 0 Å². The number of anilines is 1. The van der Waals surface area contributed by atoms with E-state index in [-0.39, 0.29) is 17.9 Å². The van der Waals surface area contributed by atoms with Gasteiger partial charge in [-0.25, -0.2) is 0 Å². The Kier molecular flexibility index (Phi) is 4.93. The fourth-order valence-electron chi connectivity index (χ4n) is 2.11. The van der Waals surface area contributed by atoms with Crippen LogP contribution in [0.15, 0.2) is 24.3 Å². The SMILES string of the molecule is Cc1ccc(NC(=O)C[C@@H](C)[C@@H]2COCCO2)cc1. The van der Waals surface area contributed by atoms with E-state index in [9.17, 15) is 4.79 Å². The molecule has 1 aromatic rings. The predicted molar refractivity (Wildman–Crippen MR) is 74.1 cm³/mol. The van der Waals surface area contributed by atoms with Crippen molar-refractivity contribution in [2.45, 2.75) is 26.4 Å². The van der Waals surface area contributed by atoms with Gasteiger partial charge in [0.2, 0.25) is 5.91 Å². The van der Waals surface area contributed by atoms with E-state index in [4.69, 9.17) is 9.47 Å². The van der Waals surface area contributed by atoms with E-state index in [2.05, 4.69) is 5.32 Å². The van der Waals surface area contributed by atoms with Crippen LogP contribution in [0.4, 0.5) is 5.69 Å². The minimum absolute atomic E-state index is 0.0190. The van der Waals surface area contributed by atoms with Crippen LogP contribution in [0.25, 0.3) is 0 Å². The third-order valence-corrected chi connectivity index (χ3v) is 3.32. The van der Waals surface area contributed by atoms with Gasteiger partial charge in [0.25, 0.3) is 0 Å². The van der Waals surface area contributed by atoms with E-state index in [1.807, 2.05) is 38.1 Å². The maximum atomic E-state index is 11.9. The quantitative estimate of drug-likeness (QED) is 0.907. The summed E-state index contributed by atoms with van der Waals surface area (Å²) >= 11 is 0. The van der Waals surface area contributed by atoms with Crippen molar-refractivity contribution in [1.82, 2.24) is 0 Å². The smallest absolute Gasteiger partial charge is 0.224 e. The molecule has 0 saturated carbocycles. The third kappa shape index (κ3) is 4.33. The number of hydrogen-bond acceptors (Lipinski definition) is 3. The summed E-state index contributed by atoms with van der Waals surface area (Å²) in [6.45, 7) is 5.90. The van der Waals surface area contributed by atoms with Crippen molar-refractivity contribution < 1.29 is 14.3 Å². The van der Waals surface area contributed by atoms with Gasteiger partial charge >= 0.3 is 0 Å². The highest BCUT2D eigenvalue weighted by molar-refractivity contribution is 5.90. The lowest BCUT2D eigenvalue weighted by molar-refractivity contribution is -0.125. The van der Waals surface area contributed by atoms with Crippen molar-refractivity contribution in [1.29, 1.82) is 0 Å². The predicted octanol–water partition coefficient (Wildman–Crippen LogP) is 2.38. The first-order chi connectivity index (χ1) is 9.15. The van der Waals surface area contributed by atoms with Crippen molar-refractivity contribution in [3.63, 3.8) is 0 Å². The molecule has 1 N–H and O–H groups in total. The summed E-state index contributed by atoms with van der Waals surface area (Å²) in [5.74, 6) is 0.177. The van der Waals surface area contributed by atoms with Crippen molar-refractivity contribution in [2.24, 2.45) is 5.92 Å². The molecule has 1 amide bonds. The molecule has 1 saturated heterocycles. The number of benzene rings is 1. The number of amides is 1. The van der Waals surface area contributed by atoms with Gasteiger partial charge in [0.1, 0.15) is 0 Å². The van der Waals surface area contributed by atoms with Crippen molar-refractivity contribution in [3.8, 4) is 0 Å². The van der Waals surface area contributed by atoms with E-state index >= 15 is 0 Å². The molecule has 4 nitrogen and oxygen atoms in total. The molecule has 1 fully saturated rings. The molecule has 1 aromatic carbocycles. The molecule has 1 aliphatic rings. The second-order valence-electron chi connectivity index (χ2n) is 5.08. The van der Waals surface area contributed by atoms with Gasteiger partial charge in [-0.2, -0.15) is 0 Å². The highest BCUT2D eigenvalue weighted by Crippen LogP contribution is 2.17. The average molecular weight is 263 g/mol. The zero-order valence-electron chi connectivity index (χ0n) is 11.5. The van der Waals surface area contributed by atoms with E-state index in [1.54, 1.807) is 0 Å². The van der Waals surface area contributed by atoms with Crippen LogP contribution in [0.1, 0.15) is 18.9 Å². The Morgan fingerprint density at radius 2 is 2.11 bits per heavy atom. The lowest BCUT2D eigenvalue weighted by Gasteiger charge is -2.27. The standard InChI is InChI=1S/C15H21NO3/c1-11-3-5-13(6-4-11)16-15(17)9-12(2)14-10-18-7-8-19-14/h3-6,12,14H,7-10H2,1-2H3,(H,16,17)/t12-,14+/m1/s1. The highest BCUT2D eigenvalue weighted by Gasteiger charge is 2.23. The Balaban J connectivity index is 1.81. The van der Waals surface area contributed by atoms with Crippen LogP contribution in [0.2, 0.25) is 0 Å². The summed E-state index contributed by atoms with van der Waals surface area (Å²) in [6.07, 6.45) is 0.472. The maximum absolute atomic E-state index is 11.9. The number of nitrogens with one attached hydrogen (secondary N) is 1. The minimum Gasteiger partial charge on any atom is -0.376 e. The van der Waals surface area contributed by atoms with Gasteiger partial charge in [0, 0.05) is 12.1 Å². The summed E-state index contributed by atoms with van der Waals surface area (Å²) in [4.78, 5) is 11.9. The Morgan fingerprint density at radius 1 is 1.37 bits per heavy atom. The van der Waals surface area contributed by atoms with Crippen LogP contribution < -0.4 is 5.32 Å². The second kappa shape index (κ2) is 6.68. The van der Waals surface area contributed by atoms with Gasteiger partial charge in [0.05, 0.1) is 25.9 Å². The number of hydrogen-bond donors (Lipinski definition) is 1. The van der Waals surface area contributed by atoms with Gasteiger partial charge in [-0.3, -0.25) is 4.79 Å². The number of carbonyl (C=O) groups is 1. The first-order valence-electron chi connectivity index (χ1n) is 6.71. The van der Waals surface area contributed by atoms with Gasteiger partial charge < -0.3 is 14.8 Å². The van der Waals surface area contributed by atoms with E-state index < -0.39 is 0 Å². The third-order valence-electron chi connectivity index (χ3n) is 3.32. The van der Waals surface area contributed by atoms with Crippen LogP contribution in [0.5, 0.6) is 0 Å². The van der Waals surface area contributed by atoms with Gasteiger partial charge in [0.15, 0.2) is 0 Å². The molecule has 0 radical (unpaired) electrons. The Labute approximate surface area is 114 Å². The summed E-state index contributed by atoms with van der Waals surface area (Å²) < 4.78 is 11.0. The van der Waals surface area contributed by atoms with E-state index in [0.29, 0.717) is 26.2 Å². The number of carbonyl (C=O) groups excluding carboxylic acids is 1. The monoisotopic (exact) mass is 263 g/mol. The fourth-order valence-corrected chi connectivity index (χ4v) is 2.11. The number of ether oxygens (including phenoxy) is 2. The molecule has 1 heterocycles. The van der Waals surface area contributed by atoms with Crippen molar-refractivity contribution in [3.05, 3.63) is 29.8 Å². The Bertz CT molecular complexity index is 410. The van der Waals surface area contributed by atoms with Gasteiger partial charge in [-0.05, 0) is 25.0 Å². The minimum atomic E-state index is 0.0190. The van der Waals surface area contributed by atoms with Gasteiger partial charge in [-0.1, -0.05) is 24.6 Å². The largest absolute Gasteiger partial charge is 0.376 e. The summed E-state index contributed by atoms with van der Waals surface area (Å²) in [6, 6.07) is 7.80. The normalized spacial score (nSPS) is 20.8.